The monoisotopic (exact) mass is 237 g/mol. The number of anilines is 1. The van der Waals surface area contributed by atoms with Crippen LogP contribution in [0.25, 0.3) is 0 Å². The lowest BCUT2D eigenvalue weighted by Gasteiger charge is -2.05. The molecule has 2 aromatic carbocycles. The molecule has 0 spiro atoms. The Morgan fingerprint density at radius 3 is 2.78 bits per heavy atom. The van der Waals surface area contributed by atoms with Gasteiger partial charge in [0.2, 0.25) is 0 Å². The van der Waals surface area contributed by atoms with E-state index in [2.05, 4.69) is 11.4 Å². The van der Waals surface area contributed by atoms with Gasteiger partial charge < -0.3 is 5.32 Å². The Morgan fingerprint density at radius 2 is 1.94 bits per heavy atom. The van der Waals surface area contributed by atoms with Crippen LogP contribution in [0.1, 0.15) is 21.5 Å². The van der Waals surface area contributed by atoms with E-state index in [1.807, 2.05) is 42.5 Å². The van der Waals surface area contributed by atoms with Gasteiger partial charge in [0.1, 0.15) is 0 Å². The average molecular weight is 237 g/mol. The minimum absolute atomic E-state index is 0.178. The Kier molecular flexibility index (Phi) is 2.85. The highest BCUT2D eigenvalue weighted by atomic mass is 16.1. The molecule has 0 aliphatic carbocycles. The fraction of sp³-hybridized carbons (Fsp3) is 0.188. The van der Waals surface area contributed by atoms with E-state index in [9.17, 15) is 4.79 Å². The molecule has 0 unspecified atom stereocenters. The van der Waals surface area contributed by atoms with Gasteiger partial charge >= 0.3 is 0 Å². The summed E-state index contributed by atoms with van der Waals surface area (Å²) in [6, 6.07) is 15.9. The molecule has 0 amide bonds. The summed E-state index contributed by atoms with van der Waals surface area (Å²) in [5.74, 6) is 0.178. The van der Waals surface area contributed by atoms with Crippen molar-refractivity contribution < 1.29 is 4.79 Å². The van der Waals surface area contributed by atoms with Crippen LogP contribution in [-0.4, -0.2) is 12.3 Å². The molecule has 1 aliphatic rings. The number of benzene rings is 2. The predicted octanol–water partition coefficient (Wildman–Crippen LogP) is 3.08. The summed E-state index contributed by atoms with van der Waals surface area (Å²) in [4.78, 5) is 12.2. The highest BCUT2D eigenvalue weighted by Crippen LogP contribution is 2.23. The first-order valence-corrected chi connectivity index (χ1v) is 6.27. The van der Waals surface area contributed by atoms with Gasteiger partial charge in [-0.25, -0.2) is 0 Å². The molecular formula is C16H15NO. The van der Waals surface area contributed by atoms with Crippen molar-refractivity contribution in [2.24, 2.45) is 0 Å². The van der Waals surface area contributed by atoms with Gasteiger partial charge in [0.25, 0.3) is 0 Å². The van der Waals surface area contributed by atoms with Gasteiger partial charge in [-0.3, -0.25) is 4.79 Å². The Hall–Kier alpha value is -2.09. The Balaban J connectivity index is 1.81. The summed E-state index contributed by atoms with van der Waals surface area (Å²) in [5, 5.41) is 3.31. The van der Waals surface area contributed by atoms with Crippen molar-refractivity contribution in [1.82, 2.24) is 0 Å². The average Bonchev–Trinajstić information content (AvgIpc) is 2.87. The first-order chi connectivity index (χ1) is 8.83. The van der Waals surface area contributed by atoms with E-state index < -0.39 is 0 Å². The molecule has 0 aromatic heterocycles. The standard InChI is InChI=1S/C16H15NO/c18-16(10-12-4-2-1-3-5-12)14-7-6-13-8-9-17-15(13)11-14/h1-7,11,17H,8-10H2. The number of rotatable bonds is 3. The number of fused-ring (bicyclic) bond motifs is 1. The first kappa shape index (κ1) is 11.0. The quantitative estimate of drug-likeness (QED) is 0.831. The fourth-order valence-corrected chi connectivity index (χ4v) is 2.35. The zero-order valence-electron chi connectivity index (χ0n) is 10.1. The van der Waals surface area contributed by atoms with E-state index in [1.165, 1.54) is 5.56 Å². The Morgan fingerprint density at radius 1 is 1.11 bits per heavy atom. The van der Waals surface area contributed by atoms with Crippen LogP contribution in [0, 0.1) is 0 Å². The molecule has 0 bridgehead atoms. The number of ketones is 1. The van der Waals surface area contributed by atoms with Gasteiger partial charge in [-0.15, -0.1) is 0 Å². The predicted molar refractivity (Wildman–Crippen MR) is 73.1 cm³/mol. The van der Waals surface area contributed by atoms with Crippen LogP contribution in [0.4, 0.5) is 5.69 Å². The summed E-state index contributed by atoms with van der Waals surface area (Å²) in [6.07, 6.45) is 1.53. The number of hydrogen-bond acceptors (Lipinski definition) is 2. The molecule has 1 N–H and O–H groups in total. The molecule has 0 fully saturated rings. The van der Waals surface area contributed by atoms with E-state index in [-0.39, 0.29) is 5.78 Å². The third-order valence-corrected chi connectivity index (χ3v) is 3.35. The van der Waals surface area contributed by atoms with E-state index in [1.54, 1.807) is 0 Å². The van der Waals surface area contributed by atoms with Gasteiger partial charge in [0, 0.05) is 24.2 Å². The van der Waals surface area contributed by atoms with E-state index in [4.69, 9.17) is 0 Å². The summed E-state index contributed by atoms with van der Waals surface area (Å²) in [5.41, 5.74) is 4.29. The highest BCUT2D eigenvalue weighted by molar-refractivity contribution is 5.98. The van der Waals surface area contributed by atoms with Crippen LogP contribution in [0.15, 0.2) is 48.5 Å². The zero-order valence-corrected chi connectivity index (χ0v) is 10.1. The number of Topliss-reactive ketones (excluding diaryl/α,β-unsaturated/α-hetero) is 1. The van der Waals surface area contributed by atoms with E-state index in [0.717, 1.165) is 29.8 Å². The van der Waals surface area contributed by atoms with Crippen molar-refractivity contribution in [1.29, 1.82) is 0 Å². The minimum Gasteiger partial charge on any atom is -0.384 e. The van der Waals surface area contributed by atoms with Crippen molar-refractivity contribution in [3.8, 4) is 0 Å². The maximum atomic E-state index is 12.2. The van der Waals surface area contributed by atoms with Crippen molar-refractivity contribution in [2.75, 3.05) is 11.9 Å². The molecule has 2 aromatic rings. The lowest BCUT2D eigenvalue weighted by molar-refractivity contribution is 0.0993. The van der Waals surface area contributed by atoms with Crippen molar-refractivity contribution >= 4 is 11.5 Å². The maximum absolute atomic E-state index is 12.2. The third kappa shape index (κ3) is 2.14. The second-order valence-electron chi connectivity index (χ2n) is 4.63. The smallest absolute Gasteiger partial charge is 0.167 e. The van der Waals surface area contributed by atoms with E-state index in [0.29, 0.717) is 6.42 Å². The van der Waals surface area contributed by atoms with E-state index >= 15 is 0 Å². The molecule has 3 rings (SSSR count). The van der Waals surface area contributed by atoms with Gasteiger partial charge in [-0.2, -0.15) is 0 Å². The molecule has 18 heavy (non-hydrogen) atoms. The molecule has 2 nitrogen and oxygen atoms in total. The third-order valence-electron chi connectivity index (χ3n) is 3.35. The molecule has 0 atom stereocenters. The highest BCUT2D eigenvalue weighted by Gasteiger charge is 2.13. The van der Waals surface area contributed by atoms with Gasteiger partial charge in [0.05, 0.1) is 0 Å². The van der Waals surface area contributed by atoms with Crippen LogP contribution in [0.3, 0.4) is 0 Å². The van der Waals surface area contributed by atoms with Crippen LogP contribution in [-0.2, 0) is 12.8 Å². The number of hydrogen-bond donors (Lipinski definition) is 1. The number of nitrogens with one attached hydrogen (secondary N) is 1. The molecule has 90 valence electrons. The maximum Gasteiger partial charge on any atom is 0.167 e. The van der Waals surface area contributed by atoms with Crippen LogP contribution >= 0.6 is 0 Å². The molecule has 1 aliphatic heterocycles. The van der Waals surface area contributed by atoms with Crippen molar-refractivity contribution in [3.05, 3.63) is 65.2 Å². The second-order valence-corrected chi connectivity index (χ2v) is 4.63. The lowest BCUT2D eigenvalue weighted by atomic mass is 10.0. The van der Waals surface area contributed by atoms with Crippen LogP contribution in [0.5, 0.6) is 0 Å². The Labute approximate surface area is 107 Å². The van der Waals surface area contributed by atoms with Gasteiger partial charge in [0.15, 0.2) is 5.78 Å². The molecule has 0 saturated carbocycles. The first-order valence-electron chi connectivity index (χ1n) is 6.27. The van der Waals surface area contributed by atoms with Crippen molar-refractivity contribution in [2.45, 2.75) is 12.8 Å². The Bertz CT molecular complexity index is 575. The molecule has 0 radical (unpaired) electrons. The normalized spacial score (nSPS) is 12.9. The zero-order chi connectivity index (χ0) is 12.4. The van der Waals surface area contributed by atoms with Gasteiger partial charge in [-0.1, -0.05) is 42.5 Å². The fourth-order valence-electron chi connectivity index (χ4n) is 2.35. The number of carbonyl (C=O) groups is 1. The summed E-state index contributed by atoms with van der Waals surface area (Å²) < 4.78 is 0. The molecule has 0 saturated heterocycles. The summed E-state index contributed by atoms with van der Waals surface area (Å²) in [6.45, 7) is 0.978. The number of carbonyl (C=O) groups excluding carboxylic acids is 1. The summed E-state index contributed by atoms with van der Waals surface area (Å²) in [7, 11) is 0. The van der Waals surface area contributed by atoms with Crippen LogP contribution in [0.2, 0.25) is 0 Å². The summed E-state index contributed by atoms with van der Waals surface area (Å²) >= 11 is 0. The minimum atomic E-state index is 0.178. The largest absolute Gasteiger partial charge is 0.384 e. The van der Waals surface area contributed by atoms with Crippen molar-refractivity contribution in [3.63, 3.8) is 0 Å². The topological polar surface area (TPSA) is 29.1 Å². The molecular weight excluding hydrogens is 222 g/mol. The van der Waals surface area contributed by atoms with Gasteiger partial charge in [-0.05, 0) is 23.6 Å². The molecule has 2 heteroatoms. The second kappa shape index (κ2) is 4.65. The molecule has 1 heterocycles. The SMILES string of the molecule is O=C(Cc1ccccc1)c1ccc2c(c1)NCC2. The lowest BCUT2D eigenvalue weighted by Crippen LogP contribution is -2.04. The van der Waals surface area contributed by atoms with Crippen LogP contribution < -0.4 is 5.32 Å².